The van der Waals surface area contributed by atoms with Gasteiger partial charge in [0.1, 0.15) is 0 Å². The lowest BCUT2D eigenvalue weighted by atomic mass is 10.1. The standard InChI is InChI=1S/C16H11F3N6OS/c1-9-12(8-21-14-23-15(24-25(9)14)27-6-5-20)13(26)22-11-4-2-3-10(7-11)16(17,18)19/h2-4,7-8H,6H2,1H3,(H,22,26). The lowest BCUT2D eigenvalue weighted by Crippen LogP contribution is -2.16. The van der Waals surface area contributed by atoms with Crippen LogP contribution in [0.25, 0.3) is 5.78 Å². The summed E-state index contributed by atoms with van der Waals surface area (Å²) in [5.41, 5.74) is -0.290. The van der Waals surface area contributed by atoms with Gasteiger partial charge in [-0.15, -0.1) is 5.10 Å². The summed E-state index contributed by atoms with van der Waals surface area (Å²) in [6.07, 6.45) is -3.23. The van der Waals surface area contributed by atoms with E-state index in [2.05, 4.69) is 20.4 Å². The van der Waals surface area contributed by atoms with E-state index in [1.54, 1.807) is 6.92 Å². The van der Waals surface area contributed by atoms with Crippen molar-refractivity contribution in [3.05, 3.63) is 47.3 Å². The summed E-state index contributed by atoms with van der Waals surface area (Å²) in [6, 6.07) is 6.30. The number of hydrogen-bond donors (Lipinski definition) is 1. The van der Waals surface area contributed by atoms with Crippen LogP contribution >= 0.6 is 11.8 Å². The Morgan fingerprint density at radius 1 is 1.41 bits per heavy atom. The van der Waals surface area contributed by atoms with Gasteiger partial charge in [0, 0.05) is 11.9 Å². The Kier molecular flexibility index (Phi) is 5.00. The Morgan fingerprint density at radius 2 is 2.19 bits per heavy atom. The summed E-state index contributed by atoms with van der Waals surface area (Å²) in [4.78, 5) is 20.6. The van der Waals surface area contributed by atoms with Gasteiger partial charge in [-0.3, -0.25) is 4.79 Å². The molecule has 0 aliphatic heterocycles. The first-order valence-corrected chi connectivity index (χ1v) is 8.49. The molecule has 0 aliphatic carbocycles. The molecular formula is C16H11F3N6OS. The van der Waals surface area contributed by atoms with E-state index in [1.165, 1.54) is 22.8 Å². The van der Waals surface area contributed by atoms with Crippen molar-refractivity contribution in [3.63, 3.8) is 0 Å². The molecule has 0 fully saturated rings. The number of aryl methyl sites for hydroxylation is 1. The number of fused-ring (bicyclic) bond motifs is 1. The van der Waals surface area contributed by atoms with Gasteiger partial charge in [0.25, 0.3) is 11.7 Å². The van der Waals surface area contributed by atoms with Crippen molar-refractivity contribution in [1.82, 2.24) is 19.6 Å². The molecule has 3 aromatic rings. The van der Waals surface area contributed by atoms with Gasteiger partial charge >= 0.3 is 6.18 Å². The third kappa shape index (κ3) is 4.01. The molecule has 1 N–H and O–H groups in total. The van der Waals surface area contributed by atoms with Crippen LogP contribution in [0.5, 0.6) is 0 Å². The lowest BCUT2D eigenvalue weighted by molar-refractivity contribution is -0.137. The fourth-order valence-electron chi connectivity index (χ4n) is 2.28. The Bertz CT molecular complexity index is 1060. The number of alkyl halides is 3. The van der Waals surface area contributed by atoms with Crippen LogP contribution in [0.15, 0.2) is 35.6 Å². The zero-order valence-electron chi connectivity index (χ0n) is 13.8. The predicted octanol–water partition coefficient (Wildman–Crippen LogP) is 3.32. The quantitative estimate of drug-likeness (QED) is 0.685. The second-order valence-electron chi connectivity index (χ2n) is 5.34. The zero-order chi connectivity index (χ0) is 19.6. The summed E-state index contributed by atoms with van der Waals surface area (Å²) in [5.74, 6) is -0.203. The number of amides is 1. The van der Waals surface area contributed by atoms with Crippen molar-refractivity contribution in [2.24, 2.45) is 0 Å². The second-order valence-corrected chi connectivity index (χ2v) is 6.29. The van der Waals surface area contributed by atoms with E-state index in [-0.39, 0.29) is 22.8 Å². The largest absolute Gasteiger partial charge is 0.416 e. The average molecular weight is 392 g/mol. The van der Waals surface area contributed by atoms with Crippen LogP contribution < -0.4 is 5.32 Å². The van der Waals surface area contributed by atoms with Gasteiger partial charge in [-0.2, -0.15) is 27.9 Å². The number of carbonyl (C=O) groups is 1. The minimum atomic E-state index is -4.50. The Labute approximate surface area is 155 Å². The second kappa shape index (κ2) is 7.24. The van der Waals surface area contributed by atoms with E-state index in [0.717, 1.165) is 23.9 Å². The number of nitriles is 1. The fourth-order valence-corrected chi connectivity index (χ4v) is 2.76. The van der Waals surface area contributed by atoms with Gasteiger partial charge in [0.15, 0.2) is 0 Å². The van der Waals surface area contributed by atoms with Crippen LogP contribution in [0.3, 0.4) is 0 Å². The molecule has 2 aromatic heterocycles. The molecule has 0 radical (unpaired) electrons. The SMILES string of the molecule is Cc1c(C(=O)Nc2cccc(C(F)(F)F)c2)cnc2nc(SCC#N)nn12. The number of hydrogen-bond acceptors (Lipinski definition) is 6. The minimum absolute atomic E-state index is 0.0122. The first-order valence-electron chi connectivity index (χ1n) is 7.50. The van der Waals surface area contributed by atoms with Crippen LogP contribution in [0, 0.1) is 18.3 Å². The molecule has 0 atom stereocenters. The summed E-state index contributed by atoms with van der Waals surface area (Å²) >= 11 is 1.12. The monoisotopic (exact) mass is 392 g/mol. The maximum atomic E-state index is 12.8. The molecule has 0 aliphatic rings. The van der Waals surface area contributed by atoms with Gasteiger partial charge in [-0.25, -0.2) is 4.98 Å². The third-order valence-electron chi connectivity index (χ3n) is 3.55. The van der Waals surface area contributed by atoms with E-state index >= 15 is 0 Å². The average Bonchev–Trinajstić information content (AvgIpc) is 3.03. The topological polar surface area (TPSA) is 96.0 Å². The summed E-state index contributed by atoms with van der Waals surface area (Å²) in [7, 11) is 0. The molecule has 27 heavy (non-hydrogen) atoms. The molecule has 0 unspecified atom stereocenters. The molecule has 3 rings (SSSR count). The van der Waals surface area contributed by atoms with Crippen molar-refractivity contribution >= 4 is 29.1 Å². The molecule has 1 aromatic carbocycles. The zero-order valence-corrected chi connectivity index (χ0v) is 14.6. The van der Waals surface area contributed by atoms with Crippen molar-refractivity contribution in [2.45, 2.75) is 18.3 Å². The molecule has 0 saturated heterocycles. The van der Waals surface area contributed by atoms with Crippen LogP contribution in [0.1, 0.15) is 21.6 Å². The lowest BCUT2D eigenvalue weighted by Gasteiger charge is -2.11. The smallest absolute Gasteiger partial charge is 0.322 e. The molecule has 7 nitrogen and oxygen atoms in total. The number of nitrogens with zero attached hydrogens (tertiary/aromatic N) is 5. The number of halogens is 3. The van der Waals surface area contributed by atoms with Gasteiger partial charge in [-0.05, 0) is 25.1 Å². The van der Waals surface area contributed by atoms with Crippen molar-refractivity contribution in [1.29, 1.82) is 5.26 Å². The maximum absolute atomic E-state index is 12.8. The highest BCUT2D eigenvalue weighted by molar-refractivity contribution is 7.99. The first kappa shape index (κ1) is 18.7. The molecular weight excluding hydrogens is 381 g/mol. The summed E-state index contributed by atoms with van der Waals surface area (Å²) in [5, 5.41) is 15.5. The fraction of sp³-hybridized carbons (Fsp3) is 0.188. The van der Waals surface area contributed by atoms with Crippen LogP contribution in [0.2, 0.25) is 0 Å². The van der Waals surface area contributed by atoms with Gasteiger partial charge in [-0.1, -0.05) is 17.8 Å². The Balaban J connectivity index is 1.88. The molecule has 11 heteroatoms. The highest BCUT2D eigenvalue weighted by Crippen LogP contribution is 2.30. The van der Waals surface area contributed by atoms with E-state index in [0.29, 0.717) is 10.9 Å². The van der Waals surface area contributed by atoms with Crippen molar-refractivity contribution in [2.75, 3.05) is 11.1 Å². The number of thioether (sulfide) groups is 1. The highest BCUT2D eigenvalue weighted by atomic mass is 32.2. The van der Waals surface area contributed by atoms with Crippen LogP contribution in [-0.4, -0.2) is 31.2 Å². The molecule has 0 saturated carbocycles. The van der Waals surface area contributed by atoms with Gasteiger partial charge < -0.3 is 5.32 Å². The van der Waals surface area contributed by atoms with Crippen molar-refractivity contribution in [3.8, 4) is 6.07 Å². The number of benzene rings is 1. The summed E-state index contributed by atoms with van der Waals surface area (Å²) in [6.45, 7) is 1.61. The van der Waals surface area contributed by atoms with E-state index in [1.807, 2.05) is 6.07 Å². The predicted molar refractivity (Wildman–Crippen MR) is 91.3 cm³/mol. The van der Waals surface area contributed by atoms with Gasteiger partial charge in [0.2, 0.25) is 5.16 Å². The molecule has 2 heterocycles. The van der Waals surface area contributed by atoms with Crippen LogP contribution in [0.4, 0.5) is 18.9 Å². The van der Waals surface area contributed by atoms with E-state index in [9.17, 15) is 18.0 Å². The third-order valence-corrected chi connectivity index (χ3v) is 4.25. The molecule has 0 bridgehead atoms. The van der Waals surface area contributed by atoms with E-state index in [4.69, 9.17) is 5.26 Å². The highest BCUT2D eigenvalue weighted by Gasteiger charge is 2.30. The minimum Gasteiger partial charge on any atom is -0.322 e. The number of carbonyl (C=O) groups excluding carboxylic acids is 1. The molecule has 1 amide bonds. The van der Waals surface area contributed by atoms with Crippen molar-refractivity contribution < 1.29 is 18.0 Å². The Hall–Kier alpha value is -3.13. The van der Waals surface area contributed by atoms with Gasteiger partial charge in [0.05, 0.1) is 28.6 Å². The van der Waals surface area contributed by atoms with E-state index < -0.39 is 17.6 Å². The molecule has 0 spiro atoms. The Morgan fingerprint density at radius 3 is 2.89 bits per heavy atom. The molecule has 138 valence electrons. The normalized spacial score (nSPS) is 11.4. The first-order chi connectivity index (χ1) is 12.8. The number of nitrogens with one attached hydrogen (secondary N) is 1. The number of anilines is 1. The number of rotatable bonds is 4. The summed E-state index contributed by atoms with van der Waals surface area (Å²) < 4.78 is 39.7. The number of aromatic nitrogens is 4. The van der Waals surface area contributed by atoms with Crippen LogP contribution in [-0.2, 0) is 6.18 Å². The maximum Gasteiger partial charge on any atom is 0.416 e.